The summed E-state index contributed by atoms with van der Waals surface area (Å²) in [5.41, 5.74) is 0. The van der Waals surface area contributed by atoms with E-state index in [-0.39, 0.29) is 6.10 Å². The lowest BCUT2D eigenvalue weighted by Crippen LogP contribution is -2.06. The molecule has 0 saturated heterocycles. The van der Waals surface area contributed by atoms with Crippen LogP contribution in [0.25, 0.3) is 4.85 Å². The van der Waals surface area contributed by atoms with Gasteiger partial charge in [-0.05, 0) is 19.9 Å². The average Bonchev–Trinajstić information content (AvgIpc) is 2.03. The maximum atomic E-state index is 6.73. The van der Waals surface area contributed by atoms with Crippen LogP contribution in [0.5, 0.6) is 5.88 Å². The van der Waals surface area contributed by atoms with Gasteiger partial charge in [0.25, 0.3) is 5.82 Å². The number of aromatic nitrogens is 1. The summed E-state index contributed by atoms with van der Waals surface area (Å²) in [5, 5.41) is 0. The number of nitrogens with zero attached hydrogens (tertiary/aromatic N) is 2. The maximum absolute atomic E-state index is 6.73. The Labute approximate surface area is 71.8 Å². The van der Waals surface area contributed by atoms with E-state index in [1.165, 1.54) is 0 Å². The molecule has 0 amide bonds. The highest BCUT2D eigenvalue weighted by Crippen LogP contribution is 2.14. The molecule has 0 radical (unpaired) electrons. The van der Waals surface area contributed by atoms with Crippen LogP contribution in [0.2, 0.25) is 0 Å². The molecule has 3 heteroatoms. The van der Waals surface area contributed by atoms with Crippen molar-refractivity contribution in [2.75, 3.05) is 0 Å². The molecule has 1 rings (SSSR count). The lowest BCUT2D eigenvalue weighted by molar-refractivity contribution is 0.233. The van der Waals surface area contributed by atoms with E-state index >= 15 is 0 Å². The molecule has 0 unspecified atom stereocenters. The summed E-state index contributed by atoms with van der Waals surface area (Å²) in [5.74, 6) is 0.881. The molecule has 0 N–H and O–H groups in total. The first-order valence-corrected chi connectivity index (χ1v) is 3.73. The van der Waals surface area contributed by atoms with Crippen molar-refractivity contribution in [3.05, 3.63) is 29.6 Å². The molecule has 0 saturated carbocycles. The summed E-state index contributed by atoms with van der Waals surface area (Å²) in [4.78, 5) is 7.15. The van der Waals surface area contributed by atoms with E-state index in [4.69, 9.17) is 11.3 Å². The van der Waals surface area contributed by atoms with Gasteiger partial charge in [0.05, 0.1) is 6.10 Å². The van der Waals surface area contributed by atoms with Gasteiger partial charge in [-0.15, -0.1) is 0 Å². The highest BCUT2D eigenvalue weighted by Gasteiger charge is 2.02. The summed E-state index contributed by atoms with van der Waals surface area (Å²) < 4.78 is 5.30. The zero-order valence-corrected chi connectivity index (χ0v) is 7.11. The van der Waals surface area contributed by atoms with E-state index in [0.717, 1.165) is 0 Å². The zero-order chi connectivity index (χ0) is 8.97. The van der Waals surface area contributed by atoms with Gasteiger partial charge in [-0.2, -0.15) is 0 Å². The third-order valence-electron chi connectivity index (χ3n) is 1.18. The molecule has 12 heavy (non-hydrogen) atoms. The van der Waals surface area contributed by atoms with Crippen LogP contribution >= 0.6 is 0 Å². The molecular weight excluding hydrogens is 152 g/mol. The minimum Gasteiger partial charge on any atom is -0.458 e. The monoisotopic (exact) mass is 162 g/mol. The molecule has 0 aliphatic rings. The highest BCUT2D eigenvalue weighted by molar-refractivity contribution is 5.37. The fourth-order valence-electron chi connectivity index (χ4n) is 0.773. The summed E-state index contributed by atoms with van der Waals surface area (Å²) in [6.07, 6.45) is 0.0958. The molecule has 0 atom stereocenters. The Hall–Kier alpha value is -1.56. The van der Waals surface area contributed by atoms with E-state index in [9.17, 15) is 0 Å². The Morgan fingerprint density at radius 1 is 1.50 bits per heavy atom. The van der Waals surface area contributed by atoms with Gasteiger partial charge in [-0.1, -0.05) is 17.6 Å². The van der Waals surface area contributed by atoms with E-state index < -0.39 is 0 Å². The maximum Gasteiger partial charge on any atom is 0.309 e. The van der Waals surface area contributed by atoms with Crippen LogP contribution in [0, 0.1) is 6.57 Å². The molecule has 0 bridgehead atoms. The number of rotatable bonds is 2. The Morgan fingerprint density at radius 3 is 2.83 bits per heavy atom. The van der Waals surface area contributed by atoms with Gasteiger partial charge in [0, 0.05) is 6.07 Å². The van der Waals surface area contributed by atoms with Gasteiger partial charge in [0.1, 0.15) is 0 Å². The van der Waals surface area contributed by atoms with Gasteiger partial charge in [-0.25, -0.2) is 0 Å². The van der Waals surface area contributed by atoms with Crippen molar-refractivity contribution >= 4 is 5.82 Å². The van der Waals surface area contributed by atoms with Crippen molar-refractivity contribution < 1.29 is 4.74 Å². The van der Waals surface area contributed by atoms with Crippen molar-refractivity contribution in [3.63, 3.8) is 0 Å². The Bertz CT molecular complexity index is 302. The molecular formula is C9H10N2O. The lowest BCUT2D eigenvalue weighted by Gasteiger charge is -2.04. The zero-order valence-electron chi connectivity index (χ0n) is 7.11. The average molecular weight is 162 g/mol. The normalized spacial score (nSPS) is 9.50. The molecule has 1 aromatic heterocycles. The summed E-state index contributed by atoms with van der Waals surface area (Å²) in [6, 6.07) is 5.16. The van der Waals surface area contributed by atoms with Crippen LogP contribution in [0.3, 0.4) is 0 Å². The first-order chi connectivity index (χ1) is 5.72. The van der Waals surface area contributed by atoms with Gasteiger partial charge >= 0.3 is 5.88 Å². The molecule has 1 heterocycles. The quantitative estimate of drug-likeness (QED) is 0.624. The molecule has 0 aliphatic heterocycles. The number of hydrogen-bond acceptors (Lipinski definition) is 2. The Morgan fingerprint density at radius 2 is 2.25 bits per heavy atom. The molecule has 1 aromatic rings. The topological polar surface area (TPSA) is 26.5 Å². The lowest BCUT2D eigenvalue weighted by atomic mass is 10.4. The predicted octanol–water partition coefficient (Wildman–Crippen LogP) is 2.42. The second-order valence-electron chi connectivity index (χ2n) is 2.61. The standard InChI is InChI=1S/C9H10N2O/c1-7(2)12-9-6-4-5-8(10-3)11-9/h4-7H,1-2H3. The van der Waals surface area contributed by atoms with Crippen molar-refractivity contribution in [2.45, 2.75) is 20.0 Å². The second-order valence-corrected chi connectivity index (χ2v) is 2.61. The minimum atomic E-state index is 0.0958. The van der Waals surface area contributed by atoms with Crippen LogP contribution < -0.4 is 4.74 Å². The van der Waals surface area contributed by atoms with Gasteiger partial charge in [0.2, 0.25) is 0 Å². The smallest absolute Gasteiger partial charge is 0.309 e. The SMILES string of the molecule is [C-]#[N+]c1cccc(OC(C)C)n1. The highest BCUT2D eigenvalue weighted by atomic mass is 16.5. The summed E-state index contributed by atoms with van der Waals surface area (Å²) in [6.45, 7) is 10.6. The van der Waals surface area contributed by atoms with E-state index in [1.54, 1.807) is 18.2 Å². The molecule has 62 valence electrons. The van der Waals surface area contributed by atoms with E-state index in [0.29, 0.717) is 11.7 Å². The van der Waals surface area contributed by atoms with Crippen LogP contribution in [0.4, 0.5) is 5.82 Å². The first kappa shape index (κ1) is 8.54. The third-order valence-corrected chi connectivity index (χ3v) is 1.18. The molecule has 0 aliphatic carbocycles. The van der Waals surface area contributed by atoms with Crippen molar-refractivity contribution in [1.82, 2.24) is 4.98 Å². The van der Waals surface area contributed by atoms with Crippen LogP contribution in [-0.4, -0.2) is 11.1 Å². The van der Waals surface area contributed by atoms with Crippen molar-refractivity contribution in [3.8, 4) is 5.88 Å². The fraction of sp³-hybridized carbons (Fsp3) is 0.333. The number of pyridine rings is 1. The third kappa shape index (κ3) is 2.24. The number of ether oxygens (including phenoxy) is 1. The second kappa shape index (κ2) is 3.72. The van der Waals surface area contributed by atoms with Crippen LogP contribution in [0.1, 0.15) is 13.8 Å². The van der Waals surface area contributed by atoms with Gasteiger partial charge in [-0.3, -0.25) is 0 Å². The summed E-state index contributed by atoms with van der Waals surface area (Å²) in [7, 11) is 0. The van der Waals surface area contributed by atoms with Crippen LogP contribution in [0.15, 0.2) is 18.2 Å². The number of hydrogen-bond donors (Lipinski definition) is 0. The Balaban J connectivity index is 2.81. The van der Waals surface area contributed by atoms with E-state index in [1.807, 2.05) is 13.8 Å². The van der Waals surface area contributed by atoms with Crippen molar-refractivity contribution in [2.24, 2.45) is 0 Å². The molecule has 0 fully saturated rings. The fourth-order valence-corrected chi connectivity index (χ4v) is 0.773. The Kier molecular flexibility index (Phi) is 2.65. The predicted molar refractivity (Wildman–Crippen MR) is 46.3 cm³/mol. The van der Waals surface area contributed by atoms with Crippen molar-refractivity contribution in [1.29, 1.82) is 0 Å². The minimum absolute atomic E-state index is 0.0958. The molecule has 3 nitrogen and oxygen atoms in total. The van der Waals surface area contributed by atoms with Gasteiger partial charge in [0.15, 0.2) is 0 Å². The van der Waals surface area contributed by atoms with E-state index in [2.05, 4.69) is 9.83 Å². The largest absolute Gasteiger partial charge is 0.458 e. The van der Waals surface area contributed by atoms with Gasteiger partial charge < -0.3 is 9.58 Å². The first-order valence-electron chi connectivity index (χ1n) is 3.73. The molecule has 0 spiro atoms. The molecule has 0 aromatic carbocycles. The van der Waals surface area contributed by atoms with Crippen LogP contribution in [-0.2, 0) is 0 Å². The summed E-state index contributed by atoms with van der Waals surface area (Å²) >= 11 is 0.